The molecule has 0 fully saturated rings. The van der Waals surface area contributed by atoms with Gasteiger partial charge in [-0.15, -0.1) is 0 Å². The molecule has 10 aromatic rings. The molecule has 0 radical (unpaired) electrons. The van der Waals surface area contributed by atoms with Crippen LogP contribution in [0, 0.1) is 11.3 Å². The Hall–Kier alpha value is -8.15. The van der Waals surface area contributed by atoms with Gasteiger partial charge in [-0.25, -0.2) is 29.9 Å². The normalized spacial score (nSPS) is 11.1. The first-order valence-electron chi connectivity index (χ1n) is 18.4. The number of rotatable bonds is 7. The Balaban J connectivity index is 1.30. The molecule has 0 amide bonds. The predicted octanol–water partition coefficient (Wildman–Crippen LogP) is 11.5. The van der Waals surface area contributed by atoms with Crippen LogP contribution in [-0.2, 0) is 0 Å². The average Bonchev–Trinajstić information content (AvgIpc) is 3.68. The third-order valence-electron chi connectivity index (χ3n) is 9.84. The number of nitrogens with zero attached hydrogens (tertiary/aromatic N) is 7. The van der Waals surface area contributed by atoms with Crippen LogP contribution in [0.2, 0.25) is 0 Å². The van der Waals surface area contributed by atoms with Gasteiger partial charge in [-0.1, -0.05) is 152 Å². The lowest BCUT2D eigenvalue weighted by atomic mass is 9.91. The summed E-state index contributed by atoms with van der Waals surface area (Å²) in [6, 6.07) is 59.6. The minimum absolute atomic E-state index is 0.316. The lowest BCUT2D eigenvalue weighted by molar-refractivity contribution is 0.669. The lowest BCUT2D eigenvalue weighted by Crippen LogP contribution is -2.04. The first-order chi connectivity index (χ1) is 28.2. The van der Waals surface area contributed by atoms with Crippen LogP contribution in [0.5, 0.6) is 0 Å². The highest BCUT2D eigenvalue weighted by molar-refractivity contribution is 6.12. The van der Waals surface area contributed by atoms with Crippen molar-refractivity contribution in [1.29, 1.82) is 5.26 Å². The molecule has 266 valence electrons. The van der Waals surface area contributed by atoms with Gasteiger partial charge in [-0.2, -0.15) is 5.26 Å². The summed E-state index contributed by atoms with van der Waals surface area (Å²) in [4.78, 5) is 30.1. The van der Waals surface area contributed by atoms with Crippen LogP contribution in [0.15, 0.2) is 180 Å². The molecule has 0 aliphatic carbocycles. The van der Waals surface area contributed by atoms with Gasteiger partial charge >= 0.3 is 0 Å². The highest BCUT2D eigenvalue weighted by Gasteiger charge is 2.24. The molecule has 57 heavy (non-hydrogen) atoms. The van der Waals surface area contributed by atoms with E-state index < -0.39 is 0 Å². The number of nitriles is 1. The zero-order valence-electron chi connectivity index (χ0n) is 30.3. The van der Waals surface area contributed by atoms with Gasteiger partial charge in [0.2, 0.25) is 0 Å². The molecule has 0 spiro atoms. The van der Waals surface area contributed by atoms with Crippen LogP contribution in [0.4, 0.5) is 0 Å². The Labute approximate surface area is 327 Å². The summed E-state index contributed by atoms with van der Waals surface area (Å²) in [7, 11) is 0. The number of para-hydroxylation sites is 1. The van der Waals surface area contributed by atoms with E-state index in [1.54, 1.807) is 0 Å². The molecule has 0 unspecified atom stereocenters. The van der Waals surface area contributed by atoms with E-state index in [2.05, 4.69) is 18.2 Å². The molecule has 0 bridgehead atoms. The average molecular weight is 732 g/mol. The van der Waals surface area contributed by atoms with Crippen molar-refractivity contribution in [3.05, 3.63) is 181 Å². The van der Waals surface area contributed by atoms with Crippen molar-refractivity contribution >= 4 is 21.9 Å². The number of aromatic nitrogens is 6. The van der Waals surface area contributed by atoms with Crippen molar-refractivity contribution < 1.29 is 4.42 Å². The van der Waals surface area contributed by atoms with E-state index in [1.807, 2.05) is 164 Å². The van der Waals surface area contributed by atoms with Crippen LogP contribution in [-0.4, -0.2) is 29.9 Å². The van der Waals surface area contributed by atoms with Gasteiger partial charge in [-0.3, -0.25) is 0 Å². The van der Waals surface area contributed by atoms with Gasteiger partial charge in [0.15, 0.2) is 34.9 Å². The van der Waals surface area contributed by atoms with E-state index in [4.69, 9.17) is 34.3 Å². The Morgan fingerprint density at radius 2 is 0.737 bits per heavy atom. The van der Waals surface area contributed by atoms with Crippen LogP contribution >= 0.6 is 0 Å². The zero-order chi connectivity index (χ0) is 38.1. The lowest BCUT2D eigenvalue weighted by Gasteiger charge is -2.15. The monoisotopic (exact) mass is 731 g/mol. The maximum atomic E-state index is 11.2. The Bertz CT molecular complexity index is 2860. The van der Waals surface area contributed by atoms with E-state index >= 15 is 0 Å². The van der Waals surface area contributed by atoms with Crippen molar-refractivity contribution in [3.63, 3.8) is 0 Å². The number of furan rings is 1. The second-order valence-electron chi connectivity index (χ2n) is 13.4. The summed E-state index contributed by atoms with van der Waals surface area (Å²) in [5, 5.41) is 13.1. The molecule has 8 nitrogen and oxygen atoms in total. The third-order valence-corrected chi connectivity index (χ3v) is 9.84. The molecule has 3 aromatic heterocycles. The number of hydrogen-bond acceptors (Lipinski definition) is 8. The van der Waals surface area contributed by atoms with Gasteiger partial charge in [-0.05, 0) is 35.4 Å². The summed E-state index contributed by atoms with van der Waals surface area (Å²) < 4.78 is 6.33. The van der Waals surface area contributed by atoms with Crippen molar-refractivity contribution in [2.24, 2.45) is 0 Å². The van der Waals surface area contributed by atoms with E-state index in [9.17, 15) is 5.26 Å². The summed E-state index contributed by atoms with van der Waals surface area (Å²) >= 11 is 0. The highest BCUT2D eigenvalue weighted by atomic mass is 16.3. The summed E-state index contributed by atoms with van der Waals surface area (Å²) in [5.41, 5.74) is 7.86. The first kappa shape index (κ1) is 33.4. The van der Waals surface area contributed by atoms with Gasteiger partial charge in [0.1, 0.15) is 17.2 Å². The second-order valence-corrected chi connectivity index (χ2v) is 13.4. The summed E-state index contributed by atoms with van der Waals surface area (Å²) in [6.45, 7) is 0. The Morgan fingerprint density at radius 3 is 1.18 bits per heavy atom. The third kappa shape index (κ3) is 6.25. The molecule has 0 N–H and O–H groups in total. The molecular weight excluding hydrogens is 703 g/mol. The van der Waals surface area contributed by atoms with Gasteiger partial charge < -0.3 is 4.42 Å². The van der Waals surface area contributed by atoms with E-state index in [1.165, 1.54) is 0 Å². The highest BCUT2D eigenvalue weighted by Crippen LogP contribution is 2.41. The fourth-order valence-electron chi connectivity index (χ4n) is 7.14. The number of benzene rings is 7. The fourth-order valence-corrected chi connectivity index (χ4v) is 7.14. The molecule has 0 aliphatic heterocycles. The molecule has 3 heterocycles. The smallest absolute Gasteiger partial charge is 0.165 e. The minimum Gasteiger partial charge on any atom is -0.456 e. The van der Waals surface area contributed by atoms with Gasteiger partial charge in [0.25, 0.3) is 0 Å². The summed E-state index contributed by atoms with van der Waals surface area (Å²) in [6.07, 6.45) is 0. The van der Waals surface area contributed by atoms with Crippen molar-refractivity contribution in [2.45, 2.75) is 0 Å². The molecule has 0 aliphatic rings. The molecular formula is C49H29N7O. The van der Waals surface area contributed by atoms with Crippen LogP contribution in [0.1, 0.15) is 5.56 Å². The van der Waals surface area contributed by atoms with Crippen molar-refractivity contribution in [3.8, 4) is 85.5 Å². The van der Waals surface area contributed by atoms with Crippen LogP contribution < -0.4 is 0 Å². The zero-order valence-corrected chi connectivity index (χ0v) is 30.3. The molecule has 0 saturated heterocycles. The van der Waals surface area contributed by atoms with E-state index in [-0.39, 0.29) is 0 Å². The van der Waals surface area contributed by atoms with Crippen LogP contribution in [0.3, 0.4) is 0 Å². The molecule has 0 saturated carbocycles. The number of hydrogen-bond donors (Lipinski definition) is 0. The minimum atomic E-state index is 0.316. The fraction of sp³-hybridized carbons (Fsp3) is 0. The SMILES string of the molecule is N#Cc1c(-c2nc(-c3ccccc3)nc(-c3ccccc3)n2)cc(-c2cccc3oc4ccccc4c23)cc1-c1nc(-c2ccccc2)nc(-c2ccccc2)n1. The van der Waals surface area contributed by atoms with Gasteiger partial charge in [0.05, 0.1) is 5.56 Å². The standard InChI is InChI=1S/C49H29N7O/c50-30-40-38(48-53-44(31-16-5-1-6-17-31)51-45(54-48)32-18-7-2-8-19-32)28-35(36-25-15-27-42-43(36)37-24-13-14-26-41(37)57-42)29-39(40)49-55-46(33-20-9-3-10-21-33)52-47(56-49)34-22-11-4-12-23-34/h1-29H. The van der Waals surface area contributed by atoms with E-state index in [0.717, 1.165) is 55.3 Å². The Kier molecular flexibility index (Phi) is 8.36. The van der Waals surface area contributed by atoms with E-state index in [0.29, 0.717) is 51.6 Å². The van der Waals surface area contributed by atoms with Crippen LogP contribution in [0.25, 0.3) is 101 Å². The largest absolute Gasteiger partial charge is 0.456 e. The second kappa shape index (κ2) is 14.3. The maximum Gasteiger partial charge on any atom is 0.165 e. The Morgan fingerprint density at radius 1 is 0.351 bits per heavy atom. The predicted molar refractivity (Wildman–Crippen MR) is 223 cm³/mol. The molecule has 7 aromatic carbocycles. The molecule has 10 rings (SSSR count). The van der Waals surface area contributed by atoms with Crippen molar-refractivity contribution in [1.82, 2.24) is 29.9 Å². The number of fused-ring (bicyclic) bond motifs is 3. The topological polar surface area (TPSA) is 114 Å². The molecule has 0 atom stereocenters. The maximum absolute atomic E-state index is 11.2. The summed E-state index contributed by atoms with van der Waals surface area (Å²) in [5.74, 6) is 2.61. The van der Waals surface area contributed by atoms with Crippen molar-refractivity contribution in [2.75, 3.05) is 0 Å². The first-order valence-corrected chi connectivity index (χ1v) is 18.4. The van der Waals surface area contributed by atoms with Gasteiger partial charge in [0, 0.05) is 44.2 Å². The molecule has 8 heteroatoms. The quantitative estimate of drug-likeness (QED) is 0.159.